The molecule has 38 heavy (non-hydrogen) atoms. The van der Waals surface area contributed by atoms with Crippen LogP contribution in [0.1, 0.15) is 24.0 Å². The number of nitrogen functional groups attached to an aromatic ring is 1. The number of aryl methyl sites for hydroxylation is 1. The average Bonchev–Trinajstić information content (AvgIpc) is 3.27. The minimum Gasteiger partial charge on any atom is -0.382 e. The lowest BCUT2D eigenvalue weighted by Gasteiger charge is -2.28. The molecule has 9 nitrogen and oxygen atoms in total. The van der Waals surface area contributed by atoms with Crippen molar-refractivity contribution in [1.29, 1.82) is 0 Å². The number of nitrogens with two attached hydrogens (primary N) is 1. The van der Waals surface area contributed by atoms with Crippen molar-refractivity contribution < 1.29 is 13.9 Å². The number of urea groups is 1. The van der Waals surface area contributed by atoms with E-state index >= 15 is 0 Å². The van der Waals surface area contributed by atoms with Gasteiger partial charge in [0.1, 0.15) is 17.7 Å². The van der Waals surface area contributed by atoms with Crippen molar-refractivity contribution in [2.45, 2.75) is 26.4 Å². The number of amides is 2. The Morgan fingerprint density at radius 3 is 2.68 bits per heavy atom. The minimum absolute atomic E-state index is 0.125. The molecule has 1 fully saturated rings. The monoisotopic (exact) mass is 517 g/mol. The van der Waals surface area contributed by atoms with E-state index in [4.69, 9.17) is 10.5 Å². The van der Waals surface area contributed by atoms with E-state index in [9.17, 15) is 9.18 Å². The number of carbonyl (C=O) groups excluding carboxylic acids is 1. The topological polar surface area (TPSA) is 110 Å². The Hall–Kier alpha value is -4.02. The van der Waals surface area contributed by atoms with Gasteiger partial charge in [-0.2, -0.15) is 5.10 Å². The number of rotatable bonds is 7. The predicted octanol–water partition coefficient (Wildman–Crippen LogP) is 4.93. The summed E-state index contributed by atoms with van der Waals surface area (Å²) in [6.07, 6.45) is 5.63. The van der Waals surface area contributed by atoms with E-state index < -0.39 is 11.8 Å². The van der Waals surface area contributed by atoms with Crippen LogP contribution in [0, 0.1) is 18.7 Å². The van der Waals surface area contributed by atoms with Crippen LogP contribution >= 0.6 is 0 Å². The van der Waals surface area contributed by atoms with Crippen molar-refractivity contribution in [3.05, 3.63) is 71.9 Å². The normalized spacial score (nSPS) is 14.6. The van der Waals surface area contributed by atoms with Gasteiger partial charge in [-0.3, -0.25) is 0 Å². The number of aromatic nitrogens is 3. The number of halogens is 1. The SMILES string of the molecule is Cc1ccc(F)c(NC(=O)Nc2ccc(-c3c(COCC4CCN(C)CC4)cn4ncnc(N)c34)cc2)c1. The molecule has 0 unspecified atom stereocenters. The van der Waals surface area contributed by atoms with Crippen molar-refractivity contribution in [2.24, 2.45) is 5.92 Å². The summed E-state index contributed by atoms with van der Waals surface area (Å²) in [5.41, 5.74) is 11.2. The number of hydrogen-bond donors (Lipinski definition) is 3. The maximum atomic E-state index is 14.0. The number of benzene rings is 2. The van der Waals surface area contributed by atoms with Gasteiger partial charge in [0.25, 0.3) is 0 Å². The van der Waals surface area contributed by atoms with E-state index in [0.29, 0.717) is 36.2 Å². The highest BCUT2D eigenvalue weighted by Gasteiger charge is 2.20. The molecule has 2 amide bonds. The maximum Gasteiger partial charge on any atom is 0.323 e. The summed E-state index contributed by atoms with van der Waals surface area (Å²) in [5, 5.41) is 9.64. The number of nitrogens with one attached hydrogen (secondary N) is 2. The number of ether oxygens (including phenoxy) is 1. The van der Waals surface area contributed by atoms with E-state index in [2.05, 4.69) is 32.7 Å². The Morgan fingerprint density at radius 2 is 1.92 bits per heavy atom. The highest BCUT2D eigenvalue weighted by molar-refractivity contribution is 6.00. The second kappa shape index (κ2) is 11.2. The van der Waals surface area contributed by atoms with Gasteiger partial charge >= 0.3 is 6.03 Å². The quantitative estimate of drug-likeness (QED) is 0.321. The number of carbonyl (C=O) groups is 1. The van der Waals surface area contributed by atoms with E-state index in [0.717, 1.165) is 48.2 Å². The second-order valence-corrected chi connectivity index (χ2v) is 9.87. The molecular formula is C28H32FN7O2. The van der Waals surface area contributed by atoms with Crippen molar-refractivity contribution in [3.8, 4) is 11.1 Å². The number of anilines is 3. The molecule has 4 N–H and O–H groups in total. The molecule has 5 rings (SSSR count). The van der Waals surface area contributed by atoms with Crippen LogP contribution in [-0.2, 0) is 11.3 Å². The molecule has 1 saturated heterocycles. The Labute approximate surface area is 220 Å². The molecule has 1 aliphatic rings. The lowest BCUT2D eigenvalue weighted by Crippen LogP contribution is -2.31. The van der Waals surface area contributed by atoms with Gasteiger partial charge in [-0.1, -0.05) is 18.2 Å². The van der Waals surface area contributed by atoms with Crippen molar-refractivity contribution in [2.75, 3.05) is 43.1 Å². The summed E-state index contributed by atoms with van der Waals surface area (Å²) >= 11 is 0. The first-order chi connectivity index (χ1) is 18.4. The Bertz CT molecular complexity index is 1430. The predicted molar refractivity (Wildman–Crippen MR) is 146 cm³/mol. The van der Waals surface area contributed by atoms with Crippen LogP contribution < -0.4 is 16.4 Å². The molecule has 0 atom stereocenters. The molecule has 0 bridgehead atoms. The van der Waals surface area contributed by atoms with Gasteiger partial charge in [-0.05, 0) is 81.2 Å². The minimum atomic E-state index is -0.530. The lowest BCUT2D eigenvalue weighted by atomic mass is 9.98. The van der Waals surface area contributed by atoms with Gasteiger partial charge in [0, 0.05) is 29.6 Å². The van der Waals surface area contributed by atoms with Crippen molar-refractivity contribution in [3.63, 3.8) is 0 Å². The third-order valence-electron chi connectivity index (χ3n) is 6.93. The maximum absolute atomic E-state index is 14.0. The van der Waals surface area contributed by atoms with Crippen LogP contribution in [0.2, 0.25) is 0 Å². The first-order valence-electron chi connectivity index (χ1n) is 12.7. The van der Waals surface area contributed by atoms with Gasteiger partial charge in [0.15, 0.2) is 5.82 Å². The molecule has 0 saturated carbocycles. The van der Waals surface area contributed by atoms with Crippen molar-refractivity contribution >= 4 is 28.7 Å². The standard InChI is InChI=1S/C28H32FN7O2/c1-18-3-8-23(29)24(13-18)34-28(37)33-22-6-4-20(5-7-22)25-21(14-36-26(25)27(30)31-17-32-36)16-38-15-19-9-11-35(2)12-10-19/h3-8,13-14,17,19H,9-12,15-16H2,1-2H3,(H2,30,31,32)(H2,33,34,37). The highest BCUT2D eigenvalue weighted by Crippen LogP contribution is 2.34. The number of hydrogen-bond acceptors (Lipinski definition) is 6. The third-order valence-corrected chi connectivity index (χ3v) is 6.93. The highest BCUT2D eigenvalue weighted by atomic mass is 19.1. The van der Waals surface area contributed by atoms with Crippen LogP contribution in [0.5, 0.6) is 0 Å². The largest absolute Gasteiger partial charge is 0.382 e. The summed E-state index contributed by atoms with van der Waals surface area (Å²) in [6, 6.07) is 11.4. The molecule has 0 aliphatic carbocycles. The third kappa shape index (κ3) is 5.76. The second-order valence-electron chi connectivity index (χ2n) is 9.87. The molecule has 4 aromatic rings. The van der Waals surface area contributed by atoms with Crippen LogP contribution in [0.4, 0.5) is 26.4 Å². The van der Waals surface area contributed by atoms with E-state index in [1.165, 1.54) is 12.4 Å². The van der Waals surface area contributed by atoms with Gasteiger partial charge < -0.3 is 26.0 Å². The summed E-state index contributed by atoms with van der Waals surface area (Å²) in [6.45, 7) is 5.16. The van der Waals surface area contributed by atoms with Crippen LogP contribution in [0.3, 0.4) is 0 Å². The number of fused-ring (bicyclic) bond motifs is 1. The van der Waals surface area contributed by atoms with Crippen LogP contribution in [-0.4, -0.2) is 52.3 Å². The first-order valence-corrected chi connectivity index (χ1v) is 12.7. The molecule has 1 aliphatic heterocycles. The first kappa shape index (κ1) is 25.6. The van der Waals surface area contributed by atoms with Crippen LogP contribution in [0.15, 0.2) is 55.0 Å². The summed E-state index contributed by atoms with van der Waals surface area (Å²) in [7, 11) is 2.15. The molecular weight excluding hydrogens is 485 g/mol. The smallest absolute Gasteiger partial charge is 0.323 e. The molecule has 2 aromatic heterocycles. The molecule has 2 aromatic carbocycles. The molecule has 0 radical (unpaired) electrons. The molecule has 3 heterocycles. The lowest BCUT2D eigenvalue weighted by molar-refractivity contribution is 0.0625. The van der Waals surface area contributed by atoms with E-state index in [1.807, 2.05) is 25.3 Å². The van der Waals surface area contributed by atoms with E-state index in [1.54, 1.807) is 28.8 Å². The van der Waals surface area contributed by atoms with Crippen LogP contribution in [0.25, 0.3) is 16.6 Å². The Balaban J connectivity index is 1.32. The van der Waals surface area contributed by atoms with Gasteiger partial charge in [-0.25, -0.2) is 18.7 Å². The Morgan fingerprint density at radius 1 is 1.16 bits per heavy atom. The molecule has 0 spiro atoms. The Kier molecular flexibility index (Phi) is 7.52. The average molecular weight is 518 g/mol. The van der Waals surface area contributed by atoms with Gasteiger partial charge in [-0.15, -0.1) is 0 Å². The van der Waals surface area contributed by atoms with Gasteiger partial charge in [0.05, 0.1) is 12.3 Å². The zero-order valence-electron chi connectivity index (χ0n) is 21.6. The summed E-state index contributed by atoms with van der Waals surface area (Å²) < 4.78 is 21.9. The zero-order valence-corrected chi connectivity index (χ0v) is 21.6. The van der Waals surface area contributed by atoms with E-state index in [-0.39, 0.29) is 5.69 Å². The number of nitrogens with zero attached hydrogens (tertiary/aromatic N) is 4. The zero-order chi connectivity index (χ0) is 26.6. The van der Waals surface area contributed by atoms with Gasteiger partial charge in [0.2, 0.25) is 0 Å². The number of likely N-dealkylation sites (tertiary alicyclic amines) is 1. The fraction of sp³-hybridized carbons (Fsp3) is 0.321. The summed E-state index contributed by atoms with van der Waals surface area (Å²) in [5.74, 6) is 0.437. The summed E-state index contributed by atoms with van der Waals surface area (Å²) in [4.78, 5) is 19.0. The fourth-order valence-electron chi connectivity index (χ4n) is 4.82. The number of piperidine rings is 1. The van der Waals surface area contributed by atoms with Crippen molar-refractivity contribution in [1.82, 2.24) is 19.5 Å². The molecule has 10 heteroatoms. The molecule has 198 valence electrons. The fourth-order valence-corrected chi connectivity index (χ4v) is 4.82.